The number of hydrogen-bond acceptors (Lipinski definition) is 5. The van der Waals surface area contributed by atoms with Crippen molar-refractivity contribution in [3.05, 3.63) is 57.9 Å². The quantitative estimate of drug-likeness (QED) is 0.802. The van der Waals surface area contributed by atoms with Crippen molar-refractivity contribution in [2.45, 2.75) is 39.5 Å². The molecule has 26 heavy (non-hydrogen) atoms. The van der Waals surface area contributed by atoms with Crippen LogP contribution in [0.5, 0.6) is 0 Å². The molecule has 2 aliphatic rings. The zero-order valence-electron chi connectivity index (χ0n) is 15.1. The lowest BCUT2D eigenvalue weighted by Gasteiger charge is -2.38. The highest BCUT2D eigenvalue weighted by Crippen LogP contribution is 2.47. The number of Topliss-reactive ketones (excluding diaryl/α,β-unsaturated/α-hetero) is 1. The summed E-state index contributed by atoms with van der Waals surface area (Å²) in [6.45, 7) is 6.10. The SMILES string of the molecule is CC1=C(C#N)[C@@H](c2ccc(-c3cccs3)o2)C2=C(CC(C)(C)CC2=O)N1. The number of hydrogen-bond donors (Lipinski definition) is 1. The average Bonchev–Trinajstić information content (AvgIpc) is 3.23. The first kappa shape index (κ1) is 16.9. The average molecular weight is 364 g/mol. The van der Waals surface area contributed by atoms with Gasteiger partial charge in [-0.2, -0.15) is 5.26 Å². The van der Waals surface area contributed by atoms with Gasteiger partial charge in [0.05, 0.1) is 22.4 Å². The fraction of sp³-hybridized carbons (Fsp3) is 0.333. The Morgan fingerprint density at radius 3 is 2.81 bits per heavy atom. The van der Waals surface area contributed by atoms with Crippen LogP contribution >= 0.6 is 11.3 Å². The molecule has 2 aromatic heterocycles. The van der Waals surface area contributed by atoms with Gasteiger partial charge in [-0.15, -0.1) is 11.3 Å². The van der Waals surface area contributed by atoms with Crippen LogP contribution in [0.25, 0.3) is 10.6 Å². The number of thiophene rings is 1. The smallest absolute Gasteiger partial charge is 0.162 e. The molecule has 1 atom stereocenters. The largest absolute Gasteiger partial charge is 0.459 e. The summed E-state index contributed by atoms with van der Waals surface area (Å²) in [7, 11) is 0. The van der Waals surface area contributed by atoms with Gasteiger partial charge >= 0.3 is 0 Å². The van der Waals surface area contributed by atoms with Crippen LogP contribution in [0.2, 0.25) is 0 Å². The van der Waals surface area contributed by atoms with E-state index in [4.69, 9.17) is 4.42 Å². The Hall–Kier alpha value is -2.58. The lowest BCUT2D eigenvalue weighted by Crippen LogP contribution is -2.36. The van der Waals surface area contributed by atoms with Crippen LogP contribution in [-0.4, -0.2) is 5.78 Å². The van der Waals surface area contributed by atoms with Crippen LogP contribution in [-0.2, 0) is 4.79 Å². The van der Waals surface area contributed by atoms with Gasteiger partial charge in [-0.25, -0.2) is 0 Å². The van der Waals surface area contributed by atoms with E-state index in [9.17, 15) is 10.1 Å². The zero-order valence-corrected chi connectivity index (χ0v) is 15.9. The van der Waals surface area contributed by atoms with Crippen LogP contribution in [0, 0.1) is 16.7 Å². The standard InChI is InChI=1S/C21H20N2O2S/c1-12-13(11-22)19(17-7-6-16(25-17)18-5-4-8-26-18)20-14(23-12)9-21(2,3)10-15(20)24/h4-8,19,23H,9-10H2,1-3H3/t19-/m0/s1. The van der Waals surface area contributed by atoms with E-state index in [2.05, 4.69) is 25.2 Å². The van der Waals surface area contributed by atoms with E-state index in [0.29, 0.717) is 23.3 Å². The molecule has 0 saturated heterocycles. The Balaban J connectivity index is 1.83. The summed E-state index contributed by atoms with van der Waals surface area (Å²) < 4.78 is 6.11. The number of dihydropyridines is 1. The van der Waals surface area contributed by atoms with Gasteiger partial charge in [0.1, 0.15) is 11.5 Å². The first-order valence-electron chi connectivity index (χ1n) is 8.67. The molecule has 3 heterocycles. The van der Waals surface area contributed by atoms with Crippen molar-refractivity contribution in [2.24, 2.45) is 5.41 Å². The van der Waals surface area contributed by atoms with Crippen molar-refractivity contribution in [3.63, 3.8) is 0 Å². The first-order chi connectivity index (χ1) is 12.4. The summed E-state index contributed by atoms with van der Waals surface area (Å²) in [4.78, 5) is 14.0. The van der Waals surface area contributed by atoms with Gasteiger partial charge < -0.3 is 9.73 Å². The number of nitriles is 1. The number of ketones is 1. The normalized spacial score (nSPS) is 22.1. The second-order valence-corrected chi connectivity index (χ2v) is 8.67. The van der Waals surface area contributed by atoms with Crippen molar-refractivity contribution in [1.29, 1.82) is 5.26 Å². The second kappa shape index (κ2) is 6.00. The number of carbonyl (C=O) groups is 1. The van der Waals surface area contributed by atoms with Gasteiger partial charge in [0, 0.05) is 23.4 Å². The molecular weight excluding hydrogens is 344 g/mol. The summed E-state index contributed by atoms with van der Waals surface area (Å²) in [5.74, 6) is 1.11. The van der Waals surface area contributed by atoms with E-state index in [-0.39, 0.29) is 11.2 Å². The van der Waals surface area contributed by atoms with E-state index in [1.54, 1.807) is 11.3 Å². The van der Waals surface area contributed by atoms with Crippen molar-refractivity contribution >= 4 is 17.1 Å². The van der Waals surface area contributed by atoms with Crippen molar-refractivity contribution in [3.8, 4) is 16.7 Å². The van der Waals surface area contributed by atoms with Crippen LogP contribution < -0.4 is 5.32 Å². The zero-order chi connectivity index (χ0) is 18.5. The van der Waals surface area contributed by atoms with E-state index in [1.165, 1.54) is 0 Å². The molecule has 132 valence electrons. The van der Waals surface area contributed by atoms with Gasteiger partial charge in [-0.05, 0) is 42.3 Å². The number of nitrogens with one attached hydrogen (secondary N) is 1. The van der Waals surface area contributed by atoms with Crippen LogP contribution in [0.3, 0.4) is 0 Å². The van der Waals surface area contributed by atoms with E-state index in [1.807, 2.05) is 36.6 Å². The van der Waals surface area contributed by atoms with E-state index >= 15 is 0 Å². The predicted molar refractivity (Wildman–Crippen MR) is 101 cm³/mol. The highest BCUT2D eigenvalue weighted by molar-refractivity contribution is 7.13. The Kier molecular flexibility index (Phi) is 3.89. The molecule has 1 aliphatic carbocycles. The maximum atomic E-state index is 13.0. The molecule has 1 aliphatic heterocycles. The third-order valence-electron chi connectivity index (χ3n) is 5.04. The molecule has 1 N–H and O–H groups in total. The van der Waals surface area contributed by atoms with Gasteiger partial charge in [0.25, 0.3) is 0 Å². The number of nitrogens with zero attached hydrogens (tertiary/aromatic N) is 1. The molecule has 0 spiro atoms. The minimum absolute atomic E-state index is 0.0802. The van der Waals surface area contributed by atoms with Crippen LogP contribution in [0.4, 0.5) is 0 Å². The Labute approximate surface area is 156 Å². The fourth-order valence-electron chi connectivity index (χ4n) is 3.93. The Bertz CT molecular complexity index is 984. The van der Waals surface area contributed by atoms with E-state index < -0.39 is 5.92 Å². The number of furan rings is 1. The number of rotatable bonds is 2. The molecule has 0 aromatic carbocycles. The van der Waals surface area contributed by atoms with Gasteiger partial charge in [-0.1, -0.05) is 19.9 Å². The predicted octanol–water partition coefficient (Wildman–Crippen LogP) is 5.14. The van der Waals surface area contributed by atoms with E-state index in [0.717, 1.165) is 28.5 Å². The summed E-state index contributed by atoms with van der Waals surface area (Å²) in [5, 5.41) is 15.1. The lowest BCUT2D eigenvalue weighted by atomic mass is 9.70. The summed E-state index contributed by atoms with van der Waals surface area (Å²) in [5.41, 5.74) is 2.91. The molecule has 4 nitrogen and oxygen atoms in total. The third kappa shape index (κ3) is 2.71. The minimum atomic E-state index is -0.423. The molecule has 5 heteroatoms. The maximum absolute atomic E-state index is 13.0. The molecule has 4 rings (SSSR count). The molecule has 0 unspecified atom stereocenters. The minimum Gasteiger partial charge on any atom is -0.459 e. The second-order valence-electron chi connectivity index (χ2n) is 7.72. The highest BCUT2D eigenvalue weighted by atomic mass is 32.1. The molecule has 0 radical (unpaired) electrons. The monoisotopic (exact) mass is 364 g/mol. The fourth-order valence-corrected chi connectivity index (χ4v) is 4.61. The summed E-state index contributed by atoms with van der Waals surface area (Å²) >= 11 is 1.60. The highest BCUT2D eigenvalue weighted by Gasteiger charge is 2.42. The lowest BCUT2D eigenvalue weighted by molar-refractivity contribution is -0.118. The van der Waals surface area contributed by atoms with Crippen molar-refractivity contribution < 1.29 is 9.21 Å². The molecule has 0 fully saturated rings. The summed E-state index contributed by atoms with van der Waals surface area (Å²) in [6.07, 6.45) is 1.28. The third-order valence-corrected chi connectivity index (χ3v) is 5.92. The molecule has 0 amide bonds. The van der Waals surface area contributed by atoms with Crippen LogP contribution in [0.15, 0.2) is 56.6 Å². The van der Waals surface area contributed by atoms with Gasteiger partial charge in [0.15, 0.2) is 5.78 Å². The van der Waals surface area contributed by atoms with Crippen LogP contribution in [0.1, 0.15) is 45.3 Å². The molecule has 2 aromatic rings. The number of allylic oxidation sites excluding steroid dienone is 4. The summed E-state index contributed by atoms with van der Waals surface area (Å²) in [6, 6.07) is 10.1. The molecule has 0 bridgehead atoms. The van der Waals surface area contributed by atoms with Gasteiger partial charge in [0.2, 0.25) is 0 Å². The topological polar surface area (TPSA) is 66.0 Å². The maximum Gasteiger partial charge on any atom is 0.162 e. The number of carbonyl (C=O) groups excluding carboxylic acids is 1. The van der Waals surface area contributed by atoms with Gasteiger partial charge in [-0.3, -0.25) is 4.79 Å². The Morgan fingerprint density at radius 1 is 1.31 bits per heavy atom. The Morgan fingerprint density at radius 2 is 2.12 bits per heavy atom. The van der Waals surface area contributed by atoms with Crippen molar-refractivity contribution in [1.82, 2.24) is 5.32 Å². The van der Waals surface area contributed by atoms with Crippen molar-refractivity contribution in [2.75, 3.05) is 0 Å². The molecule has 0 saturated carbocycles. The molecular formula is C21H20N2O2S. The first-order valence-corrected chi connectivity index (χ1v) is 9.55.